The van der Waals surface area contributed by atoms with Crippen molar-refractivity contribution in [2.45, 2.75) is 161 Å². The van der Waals surface area contributed by atoms with E-state index < -0.39 is 43.6 Å². The van der Waals surface area contributed by atoms with Gasteiger partial charge in [-0.05, 0) is 82.8 Å². The fourth-order valence-corrected chi connectivity index (χ4v) is 17.2. The Morgan fingerprint density at radius 3 is 1.99 bits per heavy atom. The predicted molar refractivity (Wildman–Crippen MR) is 354 cm³/mol. The standard InChI is InChI=1S/C72H97N3O16Si/c1-17-26-59(78-11)49(6)63(40-62(80-13)46(3)33-35-60(50(7)68-47(4)37-67(82-15)90-68)88-45-84-41-51-34-36-61(79-12)64(38-51)81-14)89-66(77)39-52(91-92(72(8,9)10,53-28-21-19-22-29-53)54-30-23-20-24-31-54)27-25-32-58(76)48(5)69(83-16)55-42-86-71(74-55)57-44-87-70(75-57)56-43-85-65(18-2)73-56/h17-25,28-32,34,36,38,42-44,46-50,52,59-60,62-63,67-69H,1-2,26-27,33,35,37,39-41,45H2,3-16H3/b32-25+/t46-,47+,48-,49+,50-,52-,59-,60+,62-,63-,67?,68+,69-/m0/s1. The van der Waals surface area contributed by atoms with E-state index >= 15 is 4.79 Å². The van der Waals surface area contributed by atoms with Crippen LogP contribution < -0.4 is 19.8 Å². The summed E-state index contributed by atoms with van der Waals surface area (Å²) in [7, 11) is 6.47. The number of ether oxygens (including phenoxy) is 10. The number of hydrogen-bond donors (Lipinski definition) is 0. The molecule has 1 unspecified atom stereocenters. The van der Waals surface area contributed by atoms with E-state index in [0.29, 0.717) is 66.8 Å². The van der Waals surface area contributed by atoms with Crippen LogP contribution in [0.25, 0.3) is 29.2 Å². The molecule has 3 aromatic carbocycles. The van der Waals surface area contributed by atoms with E-state index in [9.17, 15) is 4.79 Å². The zero-order chi connectivity index (χ0) is 66.5. The SMILES string of the molecule is C=CC[C@H](OC)[C@@H](C)[C@H](C[C@H](OC)[C@@H](C)CC[C@@H](OCOCc1ccc(OC)c(OC)c1)[C@H](C)[C@@H]1OC(OC)C[C@H]1C)OC(=O)C[C@H](C/C=C/C(=O)[C@H](C)[C@H](OC)c1coc(-c2coc(-c3coc(C=C)n3)n2)n1)O[Si](c1ccccc1)(c1ccccc1)C(C)(C)C. The summed E-state index contributed by atoms with van der Waals surface area (Å²) in [4.78, 5) is 42.9. The summed E-state index contributed by atoms with van der Waals surface area (Å²) in [5.41, 5.74) is 1.99. The molecule has 500 valence electrons. The van der Waals surface area contributed by atoms with E-state index in [1.54, 1.807) is 48.5 Å². The van der Waals surface area contributed by atoms with Crippen molar-refractivity contribution in [1.82, 2.24) is 15.0 Å². The highest BCUT2D eigenvalue weighted by Crippen LogP contribution is 2.40. The summed E-state index contributed by atoms with van der Waals surface area (Å²) < 4.78 is 85.5. The predicted octanol–water partition coefficient (Wildman–Crippen LogP) is 13.4. The quantitative estimate of drug-likeness (QED) is 0.00876. The number of allylic oxidation sites excluding steroid dienone is 1. The van der Waals surface area contributed by atoms with E-state index in [2.05, 4.69) is 93.9 Å². The van der Waals surface area contributed by atoms with Gasteiger partial charge in [-0.2, -0.15) is 0 Å². The maximum absolute atomic E-state index is 15.1. The van der Waals surface area contributed by atoms with Crippen LogP contribution in [0.15, 0.2) is 142 Å². The van der Waals surface area contributed by atoms with Gasteiger partial charge in [0.25, 0.3) is 8.32 Å². The number of aromatic nitrogens is 3. The maximum Gasteiger partial charge on any atom is 0.308 e. The number of ketones is 1. The third kappa shape index (κ3) is 18.5. The van der Waals surface area contributed by atoms with Gasteiger partial charge in [0, 0.05) is 53.1 Å². The van der Waals surface area contributed by atoms with Crippen LogP contribution in [-0.4, -0.2) is 127 Å². The van der Waals surface area contributed by atoms with Crippen LogP contribution in [0.4, 0.5) is 0 Å². The largest absolute Gasteiger partial charge is 0.493 e. The smallest absolute Gasteiger partial charge is 0.308 e. The zero-order valence-electron chi connectivity index (χ0n) is 56.2. The number of rotatable bonds is 39. The third-order valence-electron chi connectivity index (χ3n) is 17.8. The van der Waals surface area contributed by atoms with Gasteiger partial charge in [-0.1, -0.05) is 141 Å². The summed E-state index contributed by atoms with van der Waals surface area (Å²) in [5, 5.41) is 1.62. The Hall–Kier alpha value is -6.85. The normalized spacial score (nSPS) is 18.7. The Bertz CT molecular complexity index is 3210. The summed E-state index contributed by atoms with van der Waals surface area (Å²) in [5.74, 6) is 0.440. The van der Waals surface area contributed by atoms with Crippen molar-refractivity contribution in [2.75, 3.05) is 49.5 Å². The first-order valence-corrected chi connectivity index (χ1v) is 33.6. The van der Waals surface area contributed by atoms with Crippen LogP contribution in [0.5, 0.6) is 11.5 Å². The Morgan fingerprint density at radius 1 is 0.739 bits per heavy atom. The van der Waals surface area contributed by atoms with Crippen molar-refractivity contribution in [3.63, 3.8) is 0 Å². The minimum Gasteiger partial charge on any atom is -0.493 e. The lowest BCUT2D eigenvalue weighted by Gasteiger charge is -2.45. The van der Waals surface area contributed by atoms with E-state index in [1.165, 1.54) is 38.1 Å². The molecule has 1 aliphatic rings. The molecule has 13 atom stereocenters. The van der Waals surface area contributed by atoms with Crippen molar-refractivity contribution in [2.24, 2.45) is 29.6 Å². The molecule has 20 heteroatoms. The second kappa shape index (κ2) is 34.9. The van der Waals surface area contributed by atoms with Gasteiger partial charge in [0.1, 0.15) is 43.5 Å². The molecule has 1 saturated heterocycles. The lowest BCUT2D eigenvalue weighted by atomic mass is 9.84. The van der Waals surface area contributed by atoms with Crippen molar-refractivity contribution in [1.29, 1.82) is 0 Å². The fraction of sp³-hybridized carbons (Fsp3) is 0.514. The summed E-state index contributed by atoms with van der Waals surface area (Å²) in [6.07, 6.45) is 10.4. The summed E-state index contributed by atoms with van der Waals surface area (Å²) in [6, 6.07) is 26.2. The van der Waals surface area contributed by atoms with Gasteiger partial charge in [-0.15, -0.1) is 6.58 Å². The first kappa shape index (κ1) is 72.6. The molecule has 0 saturated carbocycles. The fourth-order valence-electron chi connectivity index (χ4n) is 12.5. The molecule has 0 aliphatic carbocycles. The Kier molecular flexibility index (Phi) is 27.5. The van der Waals surface area contributed by atoms with Crippen LogP contribution in [0.2, 0.25) is 5.04 Å². The molecule has 0 bridgehead atoms. The Labute approximate surface area is 544 Å². The van der Waals surface area contributed by atoms with Crippen LogP contribution in [0.1, 0.15) is 124 Å². The molecule has 1 fully saturated rings. The molecule has 0 spiro atoms. The van der Waals surface area contributed by atoms with Gasteiger partial charge >= 0.3 is 5.97 Å². The number of esters is 1. The highest BCUT2D eigenvalue weighted by atomic mass is 28.4. The molecular formula is C72H97N3O16Si. The van der Waals surface area contributed by atoms with Crippen LogP contribution in [-0.2, 0) is 58.5 Å². The van der Waals surface area contributed by atoms with Crippen molar-refractivity contribution in [3.8, 4) is 34.7 Å². The number of carbonyl (C=O) groups is 2. The van der Waals surface area contributed by atoms with E-state index in [0.717, 1.165) is 22.4 Å². The monoisotopic (exact) mass is 1290 g/mol. The molecule has 7 rings (SSSR count). The minimum atomic E-state index is -3.29. The Balaban J connectivity index is 1.12. The molecule has 1 aliphatic heterocycles. The molecule has 4 heterocycles. The maximum atomic E-state index is 15.1. The van der Waals surface area contributed by atoms with E-state index in [-0.39, 0.29) is 91.6 Å². The number of hydrogen-bond acceptors (Lipinski definition) is 19. The Morgan fingerprint density at radius 2 is 1.39 bits per heavy atom. The lowest BCUT2D eigenvalue weighted by molar-refractivity contribution is -0.163. The molecule has 0 amide bonds. The number of benzene rings is 3. The van der Waals surface area contributed by atoms with Crippen LogP contribution in [0.3, 0.4) is 0 Å². The van der Waals surface area contributed by atoms with Crippen LogP contribution >= 0.6 is 0 Å². The van der Waals surface area contributed by atoms with Gasteiger partial charge in [-0.3, -0.25) is 9.59 Å². The molecular weight excluding hydrogens is 1190 g/mol. The van der Waals surface area contributed by atoms with Gasteiger partial charge in [-0.25, -0.2) is 15.0 Å². The molecule has 3 aromatic heterocycles. The first-order chi connectivity index (χ1) is 44.3. The molecule has 6 aromatic rings. The number of methoxy groups -OCH3 is 6. The lowest BCUT2D eigenvalue weighted by Crippen LogP contribution is -2.67. The molecule has 0 N–H and O–H groups in total. The van der Waals surface area contributed by atoms with Gasteiger partial charge in [0.15, 0.2) is 35.0 Å². The topological polar surface area (TPSA) is 214 Å². The number of oxazole rings is 3. The van der Waals surface area contributed by atoms with Crippen LogP contribution in [0, 0.1) is 29.6 Å². The highest BCUT2D eigenvalue weighted by Gasteiger charge is 2.52. The highest BCUT2D eigenvalue weighted by molar-refractivity contribution is 6.99. The van der Waals surface area contributed by atoms with E-state index in [1.807, 2.05) is 67.6 Å². The first-order valence-electron chi connectivity index (χ1n) is 31.7. The van der Waals surface area contributed by atoms with Crippen molar-refractivity contribution in [3.05, 3.63) is 146 Å². The van der Waals surface area contributed by atoms with Gasteiger partial charge in [0.05, 0.1) is 63.7 Å². The molecule has 0 radical (unpaired) electrons. The van der Waals surface area contributed by atoms with Gasteiger partial charge < -0.3 is 65.0 Å². The van der Waals surface area contributed by atoms with Crippen molar-refractivity contribution < 1.29 is 74.6 Å². The minimum absolute atomic E-state index is 0.00950. The summed E-state index contributed by atoms with van der Waals surface area (Å²) >= 11 is 0. The second-order valence-electron chi connectivity index (χ2n) is 24.9. The average Bonchev–Trinajstić information content (AvgIpc) is 1.02. The second-order valence-corrected chi connectivity index (χ2v) is 29.2. The van der Waals surface area contributed by atoms with E-state index in [4.69, 9.17) is 65.0 Å². The zero-order valence-corrected chi connectivity index (χ0v) is 57.2. The average molecular weight is 1290 g/mol. The summed E-state index contributed by atoms with van der Waals surface area (Å²) in [6.45, 7) is 25.0. The van der Waals surface area contributed by atoms with Gasteiger partial charge in [0.2, 0.25) is 17.7 Å². The molecule has 19 nitrogen and oxygen atoms in total. The molecule has 92 heavy (non-hydrogen) atoms. The van der Waals surface area contributed by atoms with Crippen molar-refractivity contribution >= 4 is 36.5 Å². The number of carbonyl (C=O) groups excluding carboxylic acids is 2. The number of nitrogens with zero attached hydrogens (tertiary/aromatic N) is 3. The third-order valence-corrected chi connectivity index (χ3v) is 22.9.